The minimum absolute atomic E-state index is 0.209. The highest BCUT2D eigenvalue weighted by atomic mass is 32.2. The predicted octanol–water partition coefficient (Wildman–Crippen LogP) is 12.3. The molecule has 1 heteroatoms. The molecule has 0 amide bonds. The van der Waals surface area contributed by atoms with Crippen LogP contribution in [-0.2, 0) is 0 Å². The Morgan fingerprint density at radius 1 is 0.419 bits per heavy atom. The minimum atomic E-state index is -0.411. The molecule has 200 valence electrons. The molecule has 0 radical (unpaired) electrons. The van der Waals surface area contributed by atoms with Crippen molar-refractivity contribution in [3.63, 3.8) is 0 Å². The van der Waals surface area contributed by atoms with Gasteiger partial charge < -0.3 is 0 Å². The zero-order valence-electron chi connectivity index (χ0n) is 30.8. The third-order valence-electron chi connectivity index (χ3n) is 8.30. The van der Waals surface area contributed by atoms with E-state index in [0.717, 1.165) is 42.8 Å². The first-order chi connectivity index (χ1) is 24.7. The Balaban J connectivity index is 1.44. The van der Waals surface area contributed by atoms with Crippen LogP contribution in [0.4, 0.5) is 0 Å². The zero-order chi connectivity index (χ0) is 35.3. The summed E-state index contributed by atoms with van der Waals surface area (Å²) in [5.74, 6) is 0. The highest BCUT2D eigenvalue weighted by molar-refractivity contribution is 7.99. The monoisotopic (exact) mass is 570 g/mol. The number of rotatable bonds is 3. The second kappa shape index (κ2) is 9.73. The zero-order valence-corrected chi connectivity index (χ0v) is 23.6. The summed E-state index contributed by atoms with van der Waals surface area (Å²) in [7, 11) is 0. The molecule has 0 saturated heterocycles. The first-order valence-electron chi connectivity index (χ1n) is 18.1. The summed E-state index contributed by atoms with van der Waals surface area (Å²) in [5, 5.41) is 3.07. The summed E-state index contributed by atoms with van der Waals surface area (Å²) in [5.41, 5.74) is 5.80. The fourth-order valence-electron chi connectivity index (χ4n) is 6.38. The molecule has 0 aliphatic carbocycles. The molecular formula is C42H26S. The van der Waals surface area contributed by atoms with Crippen molar-refractivity contribution < 1.29 is 11.0 Å². The number of hydrogen-bond acceptors (Lipinski definition) is 1. The van der Waals surface area contributed by atoms with Crippen molar-refractivity contribution >= 4 is 44.1 Å². The van der Waals surface area contributed by atoms with Gasteiger partial charge in [-0.25, -0.2) is 0 Å². The third-order valence-corrected chi connectivity index (χ3v) is 9.44. The molecule has 0 unspecified atom stereocenters. The molecule has 0 N–H and O–H groups in total. The van der Waals surface area contributed by atoms with Crippen molar-refractivity contribution in [1.82, 2.24) is 0 Å². The van der Waals surface area contributed by atoms with Gasteiger partial charge in [-0.1, -0.05) is 151 Å². The van der Waals surface area contributed by atoms with Crippen LogP contribution in [0.1, 0.15) is 11.0 Å². The molecule has 1 heterocycles. The van der Waals surface area contributed by atoms with E-state index in [9.17, 15) is 5.48 Å². The molecule has 8 aromatic rings. The summed E-state index contributed by atoms with van der Waals surface area (Å²) in [6.45, 7) is 0. The summed E-state index contributed by atoms with van der Waals surface area (Å²) >= 11 is 1.66. The first kappa shape index (κ1) is 17.8. The fraction of sp³-hybridized carbons (Fsp3) is 0. The Labute approximate surface area is 266 Å². The van der Waals surface area contributed by atoms with Gasteiger partial charge in [-0.2, -0.15) is 0 Å². The lowest BCUT2D eigenvalue weighted by atomic mass is 9.85. The van der Waals surface area contributed by atoms with Crippen LogP contribution in [0.15, 0.2) is 167 Å². The van der Waals surface area contributed by atoms with Gasteiger partial charge in [-0.3, -0.25) is 0 Å². The maximum absolute atomic E-state index is 9.31. The van der Waals surface area contributed by atoms with Crippen molar-refractivity contribution in [2.75, 3.05) is 0 Å². The van der Waals surface area contributed by atoms with Crippen LogP contribution < -0.4 is 0 Å². The van der Waals surface area contributed by atoms with Crippen molar-refractivity contribution in [2.24, 2.45) is 0 Å². The van der Waals surface area contributed by atoms with E-state index in [-0.39, 0.29) is 45.7 Å². The van der Waals surface area contributed by atoms with Gasteiger partial charge in [0.05, 0.1) is 11.0 Å². The predicted molar refractivity (Wildman–Crippen MR) is 185 cm³/mol. The van der Waals surface area contributed by atoms with E-state index < -0.39 is 24.2 Å². The SMILES string of the molecule is [2H]c1c([2H])c([2H])c2c(-c3ccc4c(c3)-c3cccc5cccc(c35)S4)c3c([2H])c([2H])c([2H])c([2H])c3c(-c3ccc(-c4ccccc4)cc3)c2c1[2H]. The van der Waals surface area contributed by atoms with Crippen LogP contribution in [0.5, 0.6) is 0 Å². The molecule has 0 nitrogen and oxygen atoms in total. The van der Waals surface area contributed by atoms with E-state index >= 15 is 0 Å². The van der Waals surface area contributed by atoms with Crippen LogP contribution in [0.3, 0.4) is 0 Å². The molecular weight excluding hydrogens is 537 g/mol. The quantitative estimate of drug-likeness (QED) is 0.190. The summed E-state index contributed by atoms with van der Waals surface area (Å²) in [4.78, 5) is 2.17. The van der Waals surface area contributed by atoms with Crippen LogP contribution in [0.2, 0.25) is 0 Å². The summed E-state index contributed by atoms with van der Waals surface area (Å²) in [6, 6.07) is 33.0. The van der Waals surface area contributed by atoms with E-state index in [0.29, 0.717) is 22.3 Å². The van der Waals surface area contributed by atoms with Crippen LogP contribution in [0, 0.1) is 0 Å². The van der Waals surface area contributed by atoms with Gasteiger partial charge in [0.15, 0.2) is 0 Å². The number of hydrogen-bond donors (Lipinski definition) is 0. The van der Waals surface area contributed by atoms with E-state index in [2.05, 4.69) is 24.3 Å². The van der Waals surface area contributed by atoms with E-state index in [4.69, 9.17) is 5.48 Å². The van der Waals surface area contributed by atoms with E-state index in [1.807, 2.05) is 84.9 Å². The number of fused-ring (bicyclic) bond motifs is 4. The normalized spacial score (nSPS) is 14.7. The van der Waals surface area contributed by atoms with Crippen LogP contribution in [0.25, 0.3) is 76.8 Å². The molecule has 43 heavy (non-hydrogen) atoms. The second-order valence-electron chi connectivity index (χ2n) is 10.7. The molecule has 0 fully saturated rings. The van der Waals surface area contributed by atoms with Gasteiger partial charge in [0.25, 0.3) is 0 Å². The lowest BCUT2D eigenvalue weighted by Gasteiger charge is -2.22. The first-order valence-corrected chi connectivity index (χ1v) is 14.9. The molecule has 9 rings (SSSR count). The van der Waals surface area contributed by atoms with E-state index in [1.54, 1.807) is 11.8 Å². The standard InChI is InChI=1S/C42H26S/c1-2-10-27(11-3-1)28-20-22-30(23-21-28)40-32-14-4-6-16-34(32)41(35-17-7-5-15-33(35)40)31-24-25-38-37(26-31)36-18-8-12-29-13-9-19-39(43-38)42(29)36/h1-26H/i4D,5D,6D,7D,14D,15D,16D,17D. The Kier molecular flexibility index (Phi) is 4.02. The maximum Gasteiger partial charge on any atom is 0.0629 e. The number of benzene rings is 8. The van der Waals surface area contributed by atoms with Crippen molar-refractivity contribution in [2.45, 2.75) is 9.79 Å². The second-order valence-corrected chi connectivity index (χ2v) is 11.7. The summed E-state index contributed by atoms with van der Waals surface area (Å²) < 4.78 is 72.2. The fourth-order valence-corrected chi connectivity index (χ4v) is 7.51. The molecule has 8 aromatic carbocycles. The van der Waals surface area contributed by atoms with Crippen molar-refractivity contribution in [3.8, 4) is 44.5 Å². The third kappa shape index (κ3) is 3.86. The Morgan fingerprint density at radius 2 is 0.977 bits per heavy atom. The summed E-state index contributed by atoms with van der Waals surface area (Å²) in [6.07, 6.45) is 0. The lowest BCUT2D eigenvalue weighted by Crippen LogP contribution is -1.95. The smallest absolute Gasteiger partial charge is 0.0629 e. The van der Waals surface area contributed by atoms with E-state index in [1.165, 1.54) is 0 Å². The Bertz CT molecular complexity index is 2710. The van der Waals surface area contributed by atoms with Gasteiger partial charge in [0.2, 0.25) is 0 Å². The molecule has 0 bridgehead atoms. The lowest BCUT2D eigenvalue weighted by molar-refractivity contribution is 1.40. The highest BCUT2D eigenvalue weighted by Gasteiger charge is 2.21. The van der Waals surface area contributed by atoms with Gasteiger partial charge in [-0.15, -0.1) is 0 Å². The topological polar surface area (TPSA) is 0 Å². The van der Waals surface area contributed by atoms with Crippen molar-refractivity contribution in [1.29, 1.82) is 0 Å². The molecule has 0 aromatic heterocycles. The van der Waals surface area contributed by atoms with Gasteiger partial charge in [0.1, 0.15) is 0 Å². The molecule has 0 spiro atoms. The molecule has 0 atom stereocenters. The van der Waals surface area contributed by atoms with Gasteiger partial charge in [0, 0.05) is 15.2 Å². The van der Waals surface area contributed by atoms with Gasteiger partial charge in [-0.05, 0) is 89.6 Å². The van der Waals surface area contributed by atoms with Crippen molar-refractivity contribution in [3.05, 3.63) is 158 Å². The molecule has 1 aliphatic rings. The maximum atomic E-state index is 9.31. The Hall–Kier alpha value is -5.11. The Morgan fingerprint density at radius 3 is 1.65 bits per heavy atom. The van der Waals surface area contributed by atoms with Crippen LogP contribution in [-0.4, -0.2) is 0 Å². The van der Waals surface area contributed by atoms with Gasteiger partial charge >= 0.3 is 0 Å². The largest absolute Gasteiger partial charge is 0.0888 e. The van der Waals surface area contributed by atoms with Crippen LogP contribution >= 0.6 is 11.8 Å². The highest BCUT2D eigenvalue weighted by Crippen LogP contribution is 2.50. The average molecular weight is 571 g/mol. The minimum Gasteiger partial charge on any atom is -0.0888 e. The average Bonchev–Trinajstić information content (AvgIpc) is 3.17. The molecule has 1 aliphatic heterocycles. The molecule has 0 saturated carbocycles.